The van der Waals surface area contributed by atoms with Crippen molar-refractivity contribution in [1.29, 1.82) is 0 Å². The lowest BCUT2D eigenvalue weighted by atomic mass is 10.1. The summed E-state index contributed by atoms with van der Waals surface area (Å²) in [6.07, 6.45) is 1.74. The van der Waals surface area contributed by atoms with Crippen LogP contribution in [-0.4, -0.2) is 16.8 Å². The van der Waals surface area contributed by atoms with E-state index in [1.165, 1.54) is 11.8 Å². The molecule has 4 rings (SSSR count). The van der Waals surface area contributed by atoms with Crippen molar-refractivity contribution >= 4 is 57.2 Å². The van der Waals surface area contributed by atoms with E-state index in [4.69, 9.17) is 16.0 Å². The summed E-state index contributed by atoms with van der Waals surface area (Å²) >= 11 is 7.05. The number of para-hydroxylation sites is 1. The molecule has 2 heterocycles. The number of carbonyl (C=O) groups is 1. The lowest BCUT2D eigenvalue weighted by molar-refractivity contribution is -0.115. The standard InChI is InChI=1S/C21H14ClN3O3S/c1-12(16-11-14-4-2-3-5-17(14)28-20(16)27)24-25-21-23-19(26)18(29-21)10-13-6-8-15(22)9-7-13/h2-11H,1H3,(H,23,25,26). The Morgan fingerprint density at radius 1 is 1.14 bits per heavy atom. The first-order valence-electron chi connectivity index (χ1n) is 8.61. The minimum atomic E-state index is -0.489. The molecule has 144 valence electrons. The molecule has 0 atom stereocenters. The number of nitrogens with zero attached hydrogens (tertiary/aromatic N) is 2. The zero-order chi connectivity index (χ0) is 20.4. The molecule has 1 saturated heterocycles. The highest BCUT2D eigenvalue weighted by Gasteiger charge is 2.24. The van der Waals surface area contributed by atoms with Crippen LogP contribution >= 0.6 is 23.4 Å². The molecule has 0 unspecified atom stereocenters. The number of nitrogens with one attached hydrogen (secondary N) is 1. The largest absolute Gasteiger partial charge is 0.422 e. The molecule has 29 heavy (non-hydrogen) atoms. The number of hydrogen-bond acceptors (Lipinski definition) is 6. The summed E-state index contributed by atoms with van der Waals surface area (Å²) in [5.41, 5.74) is 1.58. The van der Waals surface area contributed by atoms with Gasteiger partial charge in [0.05, 0.1) is 16.2 Å². The summed E-state index contributed by atoms with van der Waals surface area (Å²) in [6.45, 7) is 1.66. The van der Waals surface area contributed by atoms with Crippen molar-refractivity contribution in [3.8, 4) is 0 Å². The predicted octanol–water partition coefficient (Wildman–Crippen LogP) is 4.43. The van der Waals surface area contributed by atoms with Crippen LogP contribution in [0.15, 0.2) is 78.9 Å². The molecule has 1 aromatic heterocycles. The first-order valence-corrected chi connectivity index (χ1v) is 9.81. The monoisotopic (exact) mass is 423 g/mol. The van der Waals surface area contributed by atoms with Crippen molar-refractivity contribution in [2.45, 2.75) is 6.92 Å². The number of thioether (sulfide) groups is 1. The van der Waals surface area contributed by atoms with Gasteiger partial charge in [-0.15, -0.1) is 5.10 Å². The lowest BCUT2D eigenvalue weighted by Crippen LogP contribution is -2.19. The van der Waals surface area contributed by atoms with Crippen LogP contribution in [0.2, 0.25) is 5.02 Å². The average molecular weight is 424 g/mol. The average Bonchev–Trinajstić information content (AvgIpc) is 3.06. The Morgan fingerprint density at radius 3 is 2.69 bits per heavy atom. The van der Waals surface area contributed by atoms with Crippen molar-refractivity contribution in [2.75, 3.05) is 0 Å². The summed E-state index contributed by atoms with van der Waals surface area (Å²) in [5.74, 6) is -0.262. The molecular weight excluding hydrogens is 410 g/mol. The normalized spacial score (nSPS) is 17.3. The van der Waals surface area contributed by atoms with Gasteiger partial charge in [-0.1, -0.05) is 41.9 Å². The second kappa shape index (κ2) is 8.06. The maximum absolute atomic E-state index is 12.2. The number of carbonyl (C=O) groups excluding carboxylic acids is 1. The topological polar surface area (TPSA) is 84.0 Å². The zero-order valence-electron chi connectivity index (χ0n) is 15.2. The van der Waals surface area contributed by atoms with Crippen molar-refractivity contribution in [2.24, 2.45) is 10.2 Å². The van der Waals surface area contributed by atoms with Crippen molar-refractivity contribution in [3.63, 3.8) is 0 Å². The second-order valence-electron chi connectivity index (χ2n) is 6.19. The molecule has 0 radical (unpaired) electrons. The molecule has 1 amide bonds. The number of fused-ring (bicyclic) bond motifs is 1. The lowest BCUT2D eigenvalue weighted by Gasteiger charge is -2.00. The van der Waals surface area contributed by atoms with E-state index in [1.807, 2.05) is 24.3 Å². The van der Waals surface area contributed by atoms with E-state index in [0.717, 1.165) is 10.9 Å². The first kappa shape index (κ1) is 19.2. The van der Waals surface area contributed by atoms with Crippen LogP contribution in [-0.2, 0) is 4.79 Å². The predicted molar refractivity (Wildman–Crippen MR) is 117 cm³/mol. The molecule has 3 aromatic rings. The van der Waals surface area contributed by atoms with E-state index < -0.39 is 5.63 Å². The van der Waals surface area contributed by atoms with Crippen LogP contribution in [0.4, 0.5) is 0 Å². The Hall–Kier alpha value is -3.16. The van der Waals surface area contributed by atoms with Crippen LogP contribution in [0.3, 0.4) is 0 Å². The third kappa shape index (κ3) is 4.31. The van der Waals surface area contributed by atoms with Gasteiger partial charge < -0.3 is 4.42 Å². The van der Waals surface area contributed by atoms with Crippen LogP contribution in [0.5, 0.6) is 0 Å². The molecule has 0 saturated carbocycles. The first-order chi connectivity index (χ1) is 14.0. The molecule has 0 spiro atoms. The minimum absolute atomic E-state index is 0.262. The molecule has 0 aliphatic carbocycles. The maximum Gasteiger partial charge on any atom is 0.345 e. The third-order valence-electron chi connectivity index (χ3n) is 4.14. The Balaban J connectivity index is 1.58. The molecule has 6 nitrogen and oxygen atoms in total. The molecule has 1 aliphatic rings. The summed E-state index contributed by atoms with van der Waals surface area (Å²) in [6, 6.07) is 16.1. The molecule has 1 N–H and O–H groups in total. The van der Waals surface area contributed by atoms with Crippen LogP contribution in [0.25, 0.3) is 17.0 Å². The quantitative estimate of drug-likeness (QED) is 0.292. The van der Waals surface area contributed by atoms with Crippen molar-refractivity contribution < 1.29 is 9.21 Å². The number of halogens is 1. The highest BCUT2D eigenvalue weighted by molar-refractivity contribution is 8.18. The highest BCUT2D eigenvalue weighted by Crippen LogP contribution is 2.26. The van der Waals surface area contributed by atoms with Crippen LogP contribution in [0.1, 0.15) is 18.1 Å². The Kier molecular flexibility index (Phi) is 5.33. The summed E-state index contributed by atoms with van der Waals surface area (Å²) in [4.78, 5) is 24.9. The molecule has 2 aromatic carbocycles. The minimum Gasteiger partial charge on any atom is -0.422 e. The van der Waals surface area contributed by atoms with E-state index in [-0.39, 0.29) is 5.91 Å². The highest BCUT2D eigenvalue weighted by atomic mass is 35.5. The van der Waals surface area contributed by atoms with E-state index in [0.29, 0.717) is 32.0 Å². The van der Waals surface area contributed by atoms with E-state index in [2.05, 4.69) is 15.5 Å². The van der Waals surface area contributed by atoms with Gasteiger partial charge >= 0.3 is 5.63 Å². The molecule has 1 aliphatic heterocycles. The summed E-state index contributed by atoms with van der Waals surface area (Å²) in [5, 5.41) is 12.6. The van der Waals surface area contributed by atoms with Gasteiger partial charge in [0.1, 0.15) is 5.58 Å². The van der Waals surface area contributed by atoms with Gasteiger partial charge in [-0.05, 0) is 54.6 Å². The molecule has 1 fully saturated rings. The smallest absolute Gasteiger partial charge is 0.345 e. The van der Waals surface area contributed by atoms with Crippen molar-refractivity contribution in [3.05, 3.63) is 86.1 Å². The van der Waals surface area contributed by atoms with Crippen LogP contribution < -0.4 is 10.9 Å². The number of hydrogen-bond donors (Lipinski definition) is 1. The Morgan fingerprint density at radius 2 is 1.90 bits per heavy atom. The fourth-order valence-corrected chi connectivity index (χ4v) is 3.57. The summed E-state index contributed by atoms with van der Waals surface area (Å²) < 4.78 is 5.32. The number of rotatable bonds is 3. The van der Waals surface area contributed by atoms with Gasteiger partial charge in [0.15, 0.2) is 5.17 Å². The van der Waals surface area contributed by atoms with E-state index in [9.17, 15) is 9.59 Å². The van der Waals surface area contributed by atoms with Gasteiger partial charge in [-0.25, -0.2) is 4.79 Å². The molecular formula is C21H14ClN3O3S. The molecule has 0 bridgehead atoms. The van der Waals surface area contributed by atoms with Gasteiger partial charge in [0.25, 0.3) is 5.91 Å². The third-order valence-corrected chi connectivity index (χ3v) is 5.29. The van der Waals surface area contributed by atoms with Crippen molar-refractivity contribution in [1.82, 2.24) is 5.32 Å². The number of amidine groups is 1. The fraction of sp³-hybridized carbons (Fsp3) is 0.0476. The number of amides is 1. The van der Waals surface area contributed by atoms with Gasteiger partial charge in [0, 0.05) is 10.4 Å². The maximum atomic E-state index is 12.2. The van der Waals surface area contributed by atoms with Gasteiger partial charge in [0.2, 0.25) is 0 Å². The second-order valence-corrected chi connectivity index (χ2v) is 7.66. The van der Waals surface area contributed by atoms with Crippen LogP contribution in [0, 0.1) is 0 Å². The Labute approximate surface area is 175 Å². The number of benzene rings is 2. The fourth-order valence-electron chi connectivity index (χ4n) is 2.67. The zero-order valence-corrected chi connectivity index (χ0v) is 16.8. The van der Waals surface area contributed by atoms with Gasteiger partial charge in [-0.2, -0.15) is 5.10 Å². The van der Waals surface area contributed by atoms with E-state index >= 15 is 0 Å². The Bertz CT molecular complexity index is 1260. The van der Waals surface area contributed by atoms with Gasteiger partial charge in [-0.3, -0.25) is 10.1 Å². The molecule has 8 heteroatoms. The SMILES string of the molecule is CC(=N/N=C1/NC(=O)C(=Cc2ccc(Cl)cc2)S1)c1cc2ccccc2oc1=O. The summed E-state index contributed by atoms with van der Waals surface area (Å²) in [7, 11) is 0. The van der Waals surface area contributed by atoms with E-state index in [1.54, 1.807) is 43.3 Å².